The van der Waals surface area contributed by atoms with Gasteiger partial charge in [0.15, 0.2) is 0 Å². The Balaban J connectivity index is 1.96. The molecule has 0 radical (unpaired) electrons. The van der Waals surface area contributed by atoms with Crippen LogP contribution in [0.2, 0.25) is 0 Å². The summed E-state index contributed by atoms with van der Waals surface area (Å²) in [6.45, 7) is -0.219. The number of hydrogen-bond donors (Lipinski definition) is 8. The van der Waals surface area contributed by atoms with Gasteiger partial charge in [0, 0.05) is 26.3 Å². The van der Waals surface area contributed by atoms with E-state index in [0.717, 1.165) is 4.90 Å². The van der Waals surface area contributed by atoms with E-state index in [1.807, 2.05) is 0 Å². The number of phenolic OH excluding ortho intramolecular Hbond substituents is 2. The molecule has 0 aromatic heterocycles. The van der Waals surface area contributed by atoms with E-state index in [2.05, 4.69) is 26.4 Å². The van der Waals surface area contributed by atoms with Crippen molar-refractivity contribution in [3.05, 3.63) is 94.4 Å². The maximum absolute atomic E-state index is 14.1. The number of carboxylic acids is 1. The summed E-state index contributed by atoms with van der Waals surface area (Å²) in [7, 11) is 2.81. The lowest BCUT2D eigenvalue weighted by Gasteiger charge is -2.31. The van der Waals surface area contributed by atoms with E-state index in [1.165, 1.54) is 74.8 Å². The van der Waals surface area contributed by atoms with Gasteiger partial charge in [0.2, 0.25) is 29.5 Å². The van der Waals surface area contributed by atoms with Crippen molar-refractivity contribution in [3.8, 4) is 11.5 Å². The minimum absolute atomic E-state index is 0.0413. The van der Waals surface area contributed by atoms with Gasteiger partial charge in [0.1, 0.15) is 41.4 Å². The van der Waals surface area contributed by atoms with Gasteiger partial charge in [-0.3, -0.25) is 28.8 Å². The van der Waals surface area contributed by atoms with Crippen molar-refractivity contribution in [1.82, 2.24) is 26.2 Å². The van der Waals surface area contributed by atoms with E-state index in [-0.39, 0.29) is 43.0 Å². The number of primary amides is 1. The van der Waals surface area contributed by atoms with Crippen molar-refractivity contribution in [3.63, 3.8) is 0 Å². The molecule has 3 rings (SSSR count). The summed E-state index contributed by atoms with van der Waals surface area (Å²) in [5.41, 5.74) is 7.40. The second kappa shape index (κ2) is 19.1. The van der Waals surface area contributed by atoms with Gasteiger partial charge in [-0.1, -0.05) is 36.4 Å². The van der Waals surface area contributed by atoms with Crippen LogP contribution in [0.25, 0.3) is 0 Å². The third-order valence-electron chi connectivity index (χ3n) is 7.98. The number of likely N-dealkylation sites (N-methyl/N-ethyl adjacent to an activating group) is 2. The second-order valence-electron chi connectivity index (χ2n) is 11.9. The Morgan fingerprint density at radius 1 is 0.712 bits per heavy atom. The number of carbonyl (C=O) groups is 6. The van der Waals surface area contributed by atoms with Crippen LogP contribution in [-0.4, -0.2) is 101 Å². The SMILES string of the molecule is CNCC(=O)NC(CC(=O)O)C(=O)NC(Cc1ccc(O)cc1)C(=O)NC(Cc1ccc(O)cc1)C(=O)N(C)C(Cc1ccc(N=O)cc1)C(N)=O. The molecule has 52 heavy (non-hydrogen) atoms. The molecule has 0 bridgehead atoms. The minimum atomic E-state index is -1.57. The summed E-state index contributed by atoms with van der Waals surface area (Å²) in [6, 6.07) is 11.9. The summed E-state index contributed by atoms with van der Waals surface area (Å²) in [5, 5.41) is 41.9. The molecule has 0 aliphatic rings. The van der Waals surface area contributed by atoms with Crippen molar-refractivity contribution in [2.24, 2.45) is 10.9 Å². The van der Waals surface area contributed by atoms with Gasteiger partial charge in [-0.15, -0.1) is 4.91 Å². The predicted molar refractivity (Wildman–Crippen MR) is 187 cm³/mol. The number of nitrogens with one attached hydrogen (secondary N) is 4. The third kappa shape index (κ3) is 12.2. The summed E-state index contributed by atoms with van der Waals surface area (Å²) < 4.78 is 0. The molecule has 0 heterocycles. The minimum Gasteiger partial charge on any atom is -0.508 e. The molecule has 276 valence electrons. The van der Waals surface area contributed by atoms with Gasteiger partial charge in [-0.05, 0) is 65.3 Å². The molecule has 17 nitrogen and oxygen atoms in total. The number of benzene rings is 3. The largest absolute Gasteiger partial charge is 0.508 e. The van der Waals surface area contributed by atoms with Crippen LogP contribution < -0.4 is 27.0 Å². The van der Waals surface area contributed by atoms with Gasteiger partial charge >= 0.3 is 5.97 Å². The first-order valence-corrected chi connectivity index (χ1v) is 16.0. The quantitative estimate of drug-likeness (QED) is 0.0763. The first kappa shape index (κ1) is 40.1. The van der Waals surface area contributed by atoms with Crippen LogP contribution in [0.4, 0.5) is 5.69 Å². The van der Waals surface area contributed by atoms with E-state index in [0.29, 0.717) is 16.7 Å². The maximum Gasteiger partial charge on any atom is 0.305 e. The topological polar surface area (TPSA) is 270 Å². The molecule has 0 aliphatic heterocycles. The zero-order chi connectivity index (χ0) is 38.4. The molecular formula is C35H41N7O10. The Kier molecular flexibility index (Phi) is 14.8. The number of rotatable bonds is 19. The third-order valence-corrected chi connectivity index (χ3v) is 7.98. The number of nitroso groups, excluding NO2 is 1. The first-order valence-electron chi connectivity index (χ1n) is 16.0. The van der Waals surface area contributed by atoms with Crippen molar-refractivity contribution in [1.29, 1.82) is 0 Å². The number of aliphatic carboxylic acids is 1. The Morgan fingerprint density at radius 2 is 1.17 bits per heavy atom. The molecule has 4 atom stereocenters. The van der Waals surface area contributed by atoms with Crippen LogP contribution in [0.15, 0.2) is 78.0 Å². The fourth-order valence-electron chi connectivity index (χ4n) is 5.22. The molecule has 0 spiro atoms. The number of phenols is 2. The van der Waals surface area contributed by atoms with Crippen LogP contribution in [0.1, 0.15) is 23.1 Å². The Labute approximate surface area is 298 Å². The number of carboxylic acid groups (broad SMARTS) is 1. The van der Waals surface area contributed by atoms with Gasteiger partial charge in [0.05, 0.1) is 13.0 Å². The summed E-state index contributed by atoms with van der Waals surface area (Å²) in [4.78, 5) is 89.9. The molecule has 9 N–H and O–H groups in total. The molecule has 3 aromatic carbocycles. The molecule has 3 aromatic rings. The molecule has 4 unspecified atom stereocenters. The molecule has 5 amide bonds. The van der Waals surface area contributed by atoms with E-state index in [9.17, 15) is 49.0 Å². The smallest absolute Gasteiger partial charge is 0.305 e. The highest BCUT2D eigenvalue weighted by Crippen LogP contribution is 2.18. The molecule has 0 saturated heterocycles. The normalized spacial score (nSPS) is 13.0. The molecule has 0 aliphatic carbocycles. The summed E-state index contributed by atoms with van der Waals surface area (Å²) in [5.74, 6) is -5.65. The van der Waals surface area contributed by atoms with Crippen LogP contribution in [-0.2, 0) is 48.0 Å². The lowest BCUT2D eigenvalue weighted by atomic mass is 9.99. The zero-order valence-electron chi connectivity index (χ0n) is 28.4. The number of aromatic hydroxyl groups is 2. The number of hydrogen-bond acceptors (Lipinski definition) is 11. The van der Waals surface area contributed by atoms with E-state index < -0.39 is 66.1 Å². The number of amides is 5. The lowest BCUT2D eigenvalue weighted by Crippen LogP contribution is -2.59. The molecule has 17 heteroatoms. The highest BCUT2D eigenvalue weighted by atomic mass is 16.4. The van der Waals surface area contributed by atoms with Crippen LogP contribution in [0, 0.1) is 4.91 Å². The van der Waals surface area contributed by atoms with Gasteiger partial charge < -0.3 is 47.2 Å². The van der Waals surface area contributed by atoms with Gasteiger partial charge in [0.25, 0.3) is 0 Å². The average Bonchev–Trinajstić information content (AvgIpc) is 3.10. The Hall–Kier alpha value is -6.36. The summed E-state index contributed by atoms with van der Waals surface area (Å²) >= 11 is 0. The van der Waals surface area contributed by atoms with E-state index in [1.54, 1.807) is 12.1 Å². The summed E-state index contributed by atoms with van der Waals surface area (Å²) in [6.07, 6.45) is -1.17. The second-order valence-corrected chi connectivity index (χ2v) is 11.9. The predicted octanol–water partition coefficient (Wildman–Crippen LogP) is -0.0156. The average molecular weight is 720 g/mol. The Morgan fingerprint density at radius 3 is 1.65 bits per heavy atom. The standard InChI is InChI=1S/C35H41N7O10/c1-37-19-30(45)38-27(18-31(46)47)34(50)39-26(15-20-5-11-24(43)12-6-20)33(49)40-28(16-21-7-13-25(44)14-8-21)35(51)42(2)29(32(36)48)17-22-3-9-23(41-52)10-4-22/h3-14,26-29,37,43-44H,15-19H2,1-2H3,(H2,36,48)(H,38,45)(H,39,50)(H,40,49)(H,46,47). The van der Waals surface area contributed by atoms with Gasteiger partial charge in [-0.2, -0.15) is 0 Å². The number of carbonyl (C=O) groups excluding carboxylic acids is 5. The van der Waals surface area contributed by atoms with Crippen LogP contribution >= 0.6 is 0 Å². The van der Waals surface area contributed by atoms with Crippen LogP contribution in [0.3, 0.4) is 0 Å². The van der Waals surface area contributed by atoms with Crippen LogP contribution in [0.5, 0.6) is 11.5 Å². The van der Waals surface area contributed by atoms with Gasteiger partial charge in [-0.25, -0.2) is 0 Å². The van der Waals surface area contributed by atoms with Crippen molar-refractivity contribution in [2.75, 3.05) is 20.6 Å². The van der Waals surface area contributed by atoms with Crippen molar-refractivity contribution < 1.29 is 44.1 Å². The number of nitrogens with two attached hydrogens (primary N) is 1. The highest BCUT2D eigenvalue weighted by molar-refractivity contribution is 5.96. The molecule has 0 saturated carbocycles. The molecule has 0 fully saturated rings. The maximum atomic E-state index is 14.1. The first-order chi connectivity index (χ1) is 24.7. The highest BCUT2D eigenvalue weighted by Gasteiger charge is 2.34. The number of nitrogens with zero attached hydrogens (tertiary/aromatic N) is 2. The molecular weight excluding hydrogens is 678 g/mol. The fourth-order valence-corrected chi connectivity index (χ4v) is 5.22. The van der Waals surface area contributed by atoms with Crippen molar-refractivity contribution in [2.45, 2.75) is 49.9 Å². The Bertz CT molecular complexity index is 1730. The van der Waals surface area contributed by atoms with E-state index >= 15 is 0 Å². The van der Waals surface area contributed by atoms with E-state index in [4.69, 9.17) is 5.73 Å². The lowest BCUT2D eigenvalue weighted by molar-refractivity contribution is -0.142. The fraction of sp³-hybridized carbons (Fsp3) is 0.314. The monoisotopic (exact) mass is 719 g/mol. The zero-order valence-corrected chi connectivity index (χ0v) is 28.4. The van der Waals surface area contributed by atoms with Crippen molar-refractivity contribution >= 4 is 41.2 Å².